The Balaban J connectivity index is 1.59. The lowest BCUT2D eigenvalue weighted by atomic mass is 10.1. The van der Waals surface area contributed by atoms with Crippen molar-refractivity contribution in [2.24, 2.45) is 7.05 Å². The van der Waals surface area contributed by atoms with Gasteiger partial charge in [-0.05, 0) is 17.7 Å². The summed E-state index contributed by atoms with van der Waals surface area (Å²) >= 11 is 0. The number of aliphatic hydroxyl groups is 1. The second kappa shape index (κ2) is 6.43. The molecule has 0 spiro atoms. The number of aryl methyl sites for hydroxylation is 1. The maximum atomic E-state index is 9.54. The number of aromatic amines is 1. The van der Waals surface area contributed by atoms with Gasteiger partial charge in [-0.2, -0.15) is 5.10 Å². The Morgan fingerprint density at radius 1 is 1.07 bits per heavy atom. The van der Waals surface area contributed by atoms with Gasteiger partial charge in [0.25, 0.3) is 0 Å². The van der Waals surface area contributed by atoms with E-state index in [-0.39, 0.29) is 6.61 Å². The number of hydrogen-bond acceptors (Lipinski definition) is 6. The van der Waals surface area contributed by atoms with Gasteiger partial charge in [-0.15, -0.1) is 10.2 Å². The van der Waals surface area contributed by atoms with Crippen LogP contribution in [0.4, 0.5) is 0 Å². The number of H-pyrrole nitrogens is 1. The van der Waals surface area contributed by atoms with Crippen LogP contribution in [0.1, 0.15) is 5.56 Å². The van der Waals surface area contributed by atoms with Crippen molar-refractivity contribution in [1.82, 2.24) is 29.9 Å². The minimum atomic E-state index is -0.0979. The second-order valence-corrected chi connectivity index (χ2v) is 6.45. The molecule has 0 atom stereocenters. The van der Waals surface area contributed by atoms with Crippen LogP contribution in [0.25, 0.3) is 45.1 Å². The zero-order valence-corrected chi connectivity index (χ0v) is 15.0. The van der Waals surface area contributed by atoms with Gasteiger partial charge in [0.05, 0.1) is 18.4 Å². The topological polar surface area (TPSA) is 106 Å². The third-order valence-electron chi connectivity index (χ3n) is 4.64. The molecule has 0 radical (unpaired) electrons. The first kappa shape index (κ1) is 16.4. The van der Waals surface area contributed by atoms with E-state index in [1.165, 1.54) is 0 Å². The molecule has 0 aliphatic carbocycles. The fourth-order valence-corrected chi connectivity index (χ4v) is 3.22. The molecule has 0 saturated carbocycles. The van der Waals surface area contributed by atoms with E-state index >= 15 is 0 Å². The molecule has 8 nitrogen and oxygen atoms in total. The molecule has 0 fully saturated rings. The maximum absolute atomic E-state index is 9.54. The van der Waals surface area contributed by atoms with E-state index in [0.29, 0.717) is 11.8 Å². The van der Waals surface area contributed by atoms with Crippen molar-refractivity contribution in [2.75, 3.05) is 0 Å². The van der Waals surface area contributed by atoms with Crippen LogP contribution < -0.4 is 0 Å². The normalized spacial score (nSPS) is 11.4. The van der Waals surface area contributed by atoms with E-state index in [0.717, 1.165) is 38.9 Å². The van der Waals surface area contributed by atoms with Crippen LogP contribution >= 0.6 is 0 Å². The Bertz CT molecular complexity index is 1280. The monoisotopic (exact) mass is 372 g/mol. The molecule has 4 heterocycles. The predicted molar refractivity (Wildman–Crippen MR) is 103 cm³/mol. The maximum Gasteiger partial charge on any atom is 0.250 e. The molecule has 0 saturated heterocycles. The summed E-state index contributed by atoms with van der Waals surface area (Å²) in [5.41, 5.74) is 4.89. The fraction of sp³-hybridized carbons (Fsp3) is 0.100. The Hall–Kier alpha value is -3.78. The highest BCUT2D eigenvalue weighted by Crippen LogP contribution is 2.32. The third kappa shape index (κ3) is 2.67. The molecule has 0 unspecified atom stereocenters. The molecule has 0 aliphatic heterocycles. The van der Waals surface area contributed by atoms with Crippen molar-refractivity contribution >= 4 is 11.0 Å². The highest BCUT2D eigenvalue weighted by atomic mass is 16.4. The van der Waals surface area contributed by atoms with E-state index in [2.05, 4.69) is 25.3 Å². The molecule has 0 amide bonds. The largest absolute Gasteiger partial charge is 0.416 e. The van der Waals surface area contributed by atoms with Crippen LogP contribution in [-0.4, -0.2) is 35.1 Å². The molecule has 138 valence electrons. The van der Waals surface area contributed by atoms with Crippen molar-refractivity contribution in [2.45, 2.75) is 6.61 Å². The summed E-state index contributed by atoms with van der Waals surface area (Å²) in [6, 6.07) is 9.43. The van der Waals surface area contributed by atoms with E-state index in [1.54, 1.807) is 23.3 Å². The number of aliphatic hydroxyl groups excluding tert-OH is 1. The zero-order valence-electron chi connectivity index (χ0n) is 15.0. The van der Waals surface area contributed by atoms with Crippen LogP contribution in [0.3, 0.4) is 0 Å². The number of nitrogens with zero attached hydrogens (tertiary/aromatic N) is 5. The van der Waals surface area contributed by atoms with Gasteiger partial charge in [0.2, 0.25) is 11.8 Å². The number of fused-ring (bicyclic) bond motifs is 1. The van der Waals surface area contributed by atoms with E-state index in [9.17, 15) is 5.11 Å². The molecule has 5 rings (SSSR count). The van der Waals surface area contributed by atoms with Gasteiger partial charge >= 0.3 is 0 Å². The second-order valence-electron chi connectivity index (χ2n) is 6.45. The van der Waals surface area contributed by atoms with Crippen molar-refractivity contribution in [3.63, 3.8) is 0 Å². The Labute approximate surface area is 159 Å². The summed E-state index contributed by atoms with van der Waals surface area (Å²) in [4.78, 5) is 7.63. The average molecular weight is 372 g/mol. The number of aromatic nitrogens is 6. The summed E-state index contributed by atoms with van der Waals surface area (Å²) in [7, 11) is 1.88. The van der Waals surface area contributed by atoms with Gasteiger partial charge < -0.3 is 14.5 Å². The van der Waals surface area contributed by atoms with E-state index < -0.39 is 0 Å². The molecule has 5 aromatic rings. The first-order chi connectivity index (χ1) is 13.7. The summed E-state index contributed by atoms with van der Waals surface area (Å²) in [5.74, 6) is 0.754. The molecule has 4 aromatic heterocycles. The molecule has 2 N–H and O–H groups in total. The van der Waals surface area contributed by atoms with Crippen molar-refractivity contribution in [3.05, 3.63) is 60.7 Å². The summed E-state index contributed by atoms with van der Waals surface area (Å²) in [5, 5.41) is 23.0. The molecular formula is C20H16N6O2. The highest BCUT2D eigenvalue weighted by molar-refractivity contribution is 5.93. The molecule has 0 bridgehead atoms. The van der Waals surface area contributed by atoms with Gasteiger partial charge in [0.15, 0.2) is 0 Å². The smallest absolute Gasteiger partial charge is 0.250 e. The highest BCUT2D eigenvalue weighted by Gasteiger charge is 2.17. The molecule has 28 heavy (non-hydrogen) atoms. The van der Waals surface area contributed by atoms with Gasteiger partial charge in [-0.25, -0.2) is 4.98 Å². The van der Waals surface area contributed by atoms with Gasteiger partial charge in [0, 0.05) is 47.7 Å². The lowest BCUT2D eigenvalue weighted by molar-refractivity contribution is 0.282. The third-order valence-corrected chi connectivity index (χ3v) is 4.64. The number of hydrogen-bond donors (Lipinski definition) is 2. The Kier molecular flexibility index (Phi) is 3.77. The zero-order chi connectivity index (χ0) is 19.1. The quantitative estimate of drug-likeness (QED) is 0.502. The van der Waals surface area contributed by atoms with Crippen LogP contribution in [0.5, 0.6) is 0 Å². The minimum Gasteiger partial charge on any atom is -0.416 e. The average Bonchev–Trinajstić information content (AvgIpc) is 3.46. The number of pyridine rings is 1. The number of benzene rings is 1. The predicted octanol–water partition coefficient (Wildman–Crippen LogP) is 3.17. The lowest BCUT2D eigenvalue weighted by Gasteiger charge is -2.01. The summed E-state index contributed by atoms with van der Waals surface area (Å²) < 4.78 is 7.67. The van der Waals surface area contributed by atoms with Crippen molar-refractivity contribution < 1.29 is 9.52 Å². The van der Waals surface area contributed by atoms with E-state index in [4.69, 9.17) is 4.42 Å². The van der Waals surface area contributed by atoms with Gasteiger partial charge in [0.1, 0.15) is 5.65 Å². The van der Waals surface area contributed by atoms with Crippen LogP contribution in [0.2, 0.25) is 0 Å². The molecule has 0 aliphatic rings. The van der Waals surface area contributed by atoms with Crippen LogP contribution in [-0.2, 0) is 13.7 Å². The number of rotatable bonds is 4. The Morgan fingerprint density at radius 3 is 2.68 bits per heavy atom. The first-order valence-electron chi connectivity index (χ1n) is 8.72. The van der Waals surface area contributed by atoms with Crippen LogP contribution in [0, 0.1) is 0 Å². The summed E-state index contributed by atoms with van der Waals surface area (Å²) in [6.45, 7) is -0.0979. The van der Waals surface area contributed by atoms with Crippen LogP contribution in [0.15, 0.2) is 59.5 Å². The Morgan fingerprint density at radius 2 is 1.89 bits per heavy atom. The fourth-order valence-electron chi connectivity index (χ4n) is 3.22. The van der Waals surface area contributed by atoms with E-state index in [1.807, 2.05) is 43.6 Å². The molecule has 8 heteroatoms. The SMILES string of the molecule is Cn1cc(-c2cnc3[nH]cc(-c4nnc(-c5ccccc5CO)o4)c3c2)cn1. The lowest BCUT2D eigenvalue weighted by Crippen LogP contribution is -1.88. The van der Waals surface area contributed by atoms with Crippen molar-refractivity contribution in [1.29, 1.82) is 0 Å². The first-order valence-corrected chi connectivity index (χ1v) is 8.72. The summed E-state index contributed by atoms with van der Waals surface area (Å²) in [6.07, 6.45) is 7.34. The standard InChI is InChI=1S/C20H16N6O2/c1-26-10-14(8-23-26)13-6-16-17(9-22-18(16)21-7-13)20-25-24-19(28-20)15-5-3-2-4-12(15)11-27/h2-10,27H,11H2,1H3,(H,21,22). The minimum absolute atomic E-state index is 0.0979. The molecule has 1 aromatic carbocycles. The van der Waals surface area contributed by atoms with Gasteiger partial charge in [-0.1, -0.05) is 18.2 Å². The van der Waals surface area contributed by atoms with Gasteiger partial charge in [-0.3, -0.25) is 4.68 Å². The van der Waals surface area contributed by atoms with Crippen molar-refractivity contribution in [3.8, 4) is 34.0 Å². The molecular weight excluding hydrogens is 356 g/mol. The number of nitrogens with one attached hydrogen (secondary N) is 1.